The summed E-state index contributed by atoms with van der Waals surface area (Å²) in [6.45, 7) is 2.09. The van der Waals surface area contributed by atoms with E-state index >= 15 is 0 Å². The van der Waals surface area contributed by atoms with Gasteiger partial charge in [0.25, 0.3) is 0 Å². The van der Waals surface area contributed by atoms with Gasteiger partial charge in [0.2, 0.25) is 0 Å². The molecule has 1 aromatic heterocycles. The molecule has 72 valence electrons. The Labute approximate surface area is 92.6 Å². The fraction of sp³-hybridized carbons (Fsp3) is 0.182. The molecule has 3 heteroatoms. The largest absolute Gasteiger partial charge is 0.326 e. The van der Waals surface area contributed by atoms with Crippen LogP contribution >= 0.6 is 23.6 Å². The number of aromatic nitrogens is 1. The van der Waals surface area contributed by atoms with Crippen molar-refractivity contribution in [2.45, 2.75) is 6.92 Å². The number of benzene rings is 1. The standard InChI is InChI=1S/C11H11NS2/c1-8-3-5-9(6-4-8)10-7-14-11(13)12(10)2/h3-7H,1-2H3. The average Bonchev–Trinajstić information content (AvgIpc) is 2.50. The van der Waals surface area contributed by atoms with Gasteiger partial charge >= 0.3 is 0 Å². The third-order valence-corrected chi connectivity index (χ3v) is 3.63. The maximum Gasteiger partial charge on any atom is 0.161 e. The number of aryl methyl sites for hydroxylation is 1. The minimum Gasteiger partial charge on any atom is -0.326 e. The van der Waals surface area contributed by atoms with Gasteiger partial charge in [0, 0.05) is 12.4 Å². The van der Waals surface area contributed by atoms with Crippen molar-refractivity contribution in [3.05, 3.63) is 39.2 Å². The molecule has 2 rings (SSSR count). The predicted molar refractivity (Wildman–Crippen MR) is 64.3 cm³/mol. The smallest absolute Gasteiger partial charge is 0.161 e. The summed E-state index contributed by atoms with van der Waals surface area (Å²) in [6, 6.07) is 8.50. The molecule has 0 saturated carbocycles. The number of hydrogen-bond donors (Lipinski definition) is 0. The zero-order valence-corrected chi connectivity index (χ0v) is 9.78. The van der Waals surface area contributed by atoms with Gasteiger partial charge in [-0.15, -0.1) is 11.3 Å². The molecule has 1 heterocycles. The summed E-state index contributed by atoms with van der Waals surface area (Å²) in [7, 11) is 2.01. The van der Waals surface area contributed by atoms with Crippen LogP contribution in [0, 0.1) is 10.9 Å². The first kappa shape index (κ1) is 9.62. The summed E-state index contributed by atoms with van der Waals surface area (Å²) in [5, 5.41) is 2.10. The lowest BCUT2D eigenvalue weighted by Gasteiger charge is -2.02. The Balaban J connectivity index is 2.55. The molecule has 0 atom stereocenters. The molecular weight excluding hydrogens is 210 g/mol. The number of hydrogen-bond acceptors (Lipinski definition) is 2. The van der Waals surface area contributed by atoms with E-state index in [0.717, 1.165) is 3.95 Å². The second-order valence-electron chi connectivity index (χ2n) is 3.31. The predicted octanol–water partition coefficient (Wildman–Crippen LogP) is 3.79. The molecule has 1 nitrogen and oxygen atoms in total. The molecule has 0 bridgehead atoms. The highest BCUT2D eigenvalue weighted by Gasteiger charge is 2.02. The van der Waals surface area contributed by atoms with E-state index in [9.17, 15) is 0 Å². The van der Waals surface area contributed by atoms with Crippen LogP contribution in [-0.2, 0) is 7.05 Å². The zero-order chi connectivity index (χ0) is 10.1. The maximum absolute atomic E-state index is 5.18. The van der Waals surface area contributed by atoms with Crippen molar-refractivity contribution in [1.29, 1.82) is 0 Å². The van der Waals surface area contributed by atoms with Crippen molar-refractivity contribution >= 4 is 23.6 Å². The fourth-order valence-corrected chi connectivity index (χ4v) is 2.35. The summed E-state index contributed by atoms with van der Waals surface area (Å²) in [5.74, 6) is 0. The van der Waals surface area contributed by atoms with Crippen LogP contribution in [0.25, 0.3) is 11.3 Å². The second kappa shape index (κ2) is 3.67. The number of nitrogens with zero attached hydrogens (tertiary/aromatic N) is 1. The van der Waals surface area contributed by atoms with E-state index in [1.54, 1.807) is 11.3 Å². The van der Waals surface area contributed by atoms with Crippen LogP contribution in [0.1, 0.15) is 5.56 Å². The molecule has 0 spiro atoms. The first-order valence-electron chi connectivity index (χ1n) is 4.40. The Kier molecular flexibility index (Phi) is 2.52. The van der Waals surface area contributed by atoms with Crippen LogP contribution in [0.3, 0.4) is 0 Å². The van der Waals surface area contributed by atoms with E-state index in [1.165, 1.54) is 16.8 Å². The Hall–Kier alpha value is -0.930. The van der Waals surface area contributed by atoms with Gasteiger partial charge < -0.3 is 4.57 Å². The van der Waals surface area contributed by atoms with Gasteiger partial charge in [0.15, 0.2) is 3.95 Å². The zero-order valence-electron chi connectivity index (χ0n) is 8.15. The normalized spacial score (nSPS) is 10.4. The minimum absolute atomic E-state index is 0.917. The maximum atomic E-state index is 5.18. The van der Waals surface area contributed by atoms with E-state index in [2.05, 4.69) is 36.6 Å². The highest BCUT2D eigenvalue weighted by molar-refractivity contribution is 7.73. The van der Waals surface area contributed by atoms with Gasteiger partial charge in [-0.1, -0.05) is 29.8 Å². The summed E-state index contributed by atoms with van der Waals surface area (Å²) >= 11 is 6.79. The van der Waals surface area contributed by atoms with Gasteiger partial charge in [-0.3, -0.25) is 0 Å². The third kappa shape index (κ3) is 1.65. The third-order valence-electron chi connectivity index (χ3n) is 2.25. The van der Waals surface area contributed by atoms with E-state index in [-0.39, 0.29) is 0 Å². The van der Waals surface area contributed by atoms with Crippen LogP contribution in [0.5, 0.6) is 0 Å². The van der Waals surface area contributed by atoms with Crippen molar-refractivity contribution in [1.82, 2.24) is 4.57 Å². The van der Waals surface area contributed by atoms with Crippen molar-refractivity contribution in [2.24, 2.45) is 7.05 Å². The second-order valence-corrected chi connectivity index (χ2v) is 4.82. The molecule has 0 N–H and O–H groups in total. The molecule has 0 aliphatic carbocycles. The molecule has 0 saturated heterocycles. The van der Waals surface area contributed by atoms with Crippen molar-refractivity contribution < 1.29 is 0 Å². The fourth-order valence-electron chi connectivity index (χ4n) is 1.35. The monoisotopic (exact) mass is 221 g/mol. The Bertz CT molecular complexity index is 491. The summed E-state index contributed by atoms with van der Waals surface area (Å²) in [5.41, 5.74) is 3.70. The van der Waals surface area contributed by atoms with Crippen molar-refractivity contribution in [3.8, 4) is 11.3 Å². The quantitative estimate of drug-likeness (QED) is 0.663. The first-order chi connectivity index (χ1) is 6.68. The molecule has 0 radical (unpaired) electrons. The molecular formula is C11H11NS2. The van der Waals surface area contributed by atoms with Gasteiger partial charge in [0.1, 0.15) is 0 Å². The van der Waals surface area contributed by atoms with Crippen LogP contribution in [0.15, 0.2) is 29.6 Å². The van der Waals surface area contributed by atoms with Gasteiger partial charge in [0.05, 0.1) is 5.69 Å². The summed E-state index contributed by atoms with van der Waals surface area (Å²) in [6.07, 6.45) is 0. The number of thiazole rings is 1. The van der Waals surface area contributed by atoms with Crippen LogP contribution in [0.4, 0.5) is 0 Å². The molecule has 0 amide bonds. The Morgan fingerprint density at radius 1 is 1.21 bits per heavy atom. The SMILES string of the molecule is Cc1ccc(-c2csc(=S)n2C)cc1. The lowest BCUT2D eigenvalue weighted by atomic mass is 10.1. The molecule has 14 heavy (non-hydrogen) atoms. The van der Waals surface area contributed by atoms with Crippen LogP contribution in [-0.4, -0.2) is 4.57 Å². The van der Waals surface area contributed by atoms with Crippen molar-refractivity contribution in [3.63, 3.8) is 0 Å². The number of rotatable bonds is 1. The van der Waals surface area contributed by atoms with Crippen LogP contribution in [0.2, 0.25) is 0 Å². The molecule has 1 aromatic carbocycles. The summed E-state index contributed by atoms with van der Waals surface area (Å²) < 4.78 is 2.96. The van der Waals surface area contributed by atoms with Gasteiger partial charge in [-0.2, -0.15) is 0 Å². The molecule has 2 aromatic rings. The van der Waals surface area contributed by atoms with E-state index in [4.69, 9.17) is 12.2 Å². The lowest BCUT2D eigenvalue weighted by molar-refractivity contribution is 0.929. The van der Waals surface area contributed by atoms with Gasteiger partial charge in [-0.25, -0.2) is 0 Å². The van der Waals surface area contributed by atoms with E-state index in [1.807, 2.05) is 11.6 Å². The molecule has 0 fully saturated rings. The minimum atomic E-state index is 0.917. The van der Waals surface area contributed by atoms with Crippen LogP contribution < -0.4 is 0 Å². The molecule has 0 aliphatic rings. The lowest BCUT2D eigenvalue weighted by Crippen LogP contribution is -1.90. The Morgan fingerprint density at radius 3 is 2.36 bits per heavy atom. The molecule has 0 aliphatic heterocycles. The van der Waals surface area contributed by atoms with E-state index < -0.39 is 0 Å². The topological polar surface area (TPSA) is 4.93 Å². The Morgan fingerprint density at radius 2 is 1.86 bits per heavy atom. The highest BCUT2D eigenvalue weighted by Crippen LogP contribution is 2.22. The van der Waals surface area contributed by atoms with Gasteiger partial charge in [-0.05, 0) is 24.7 Å². The average molecular weight is 221 g/mol. The first-order valence-corrected chi connectivity index (χ1v) is 5.69. The highest BCUT2D eigenvalue weighted by atomic mass is 32.1. The summed E-state index contributed by atoms with van der Waals surface area (Å²) in [4.78, 5) is 0. The van der Waals surface area contributed by atoms with E-state index in [0.29, 0.717) is 0 Å². The molecule has 0 unspecified atom stereocenters. The van der Waals surface area contributed by atoms with Crippen molar-refractivity contribution in [2.75, 3.05) is 0 Å².